The van der Waals surface area contributed by atoms with Gasteiger partial charge in [-0.1, -0.05) is 49.7 Å². The first-order valence-electron chi connectivity index (χ1n) is 7.30. The number of anilines is 2. The van der Waals surface area contributed by atoms with Gasteiger partial charge in [-0.2, -0.15) is 0 Å². The second-order valence-corrected chi connectivity index (χ2v) is 5.46. The van der Waals surface area contributed by atoms with Gasteiger partial charge >= 0.3 is 0 Å². The Kier molecular flexibility index (Phi) is 5.05. The third kappa shape index (κ3) is 4.02. The lowest BCUT2D eigenvalue weighted by Crippen LogP contribution is -2.14. The van der Waals surface area contributed by atoms with E-state index in [2.05, 4.69) is 79.9 Å². The Morgan fingerprint density at radius 1 is 0.850 bits per heavy atom. The topological polar surface area (TPSA) is 24.1 Å². The molecule has 106 valence electrons. The van der Waals surface area contributed by atoms with Crippen molar-refractivity contribution in [2.75, 3.05) is 23.7 Å². The van der Waals surface area contributed by atoms with Crippen LogP contribution in [0.4, 0.5) is 11.4 Å². The molecule has 0 aliphatic carbocycles. The average molecular weight is 268 g/mol. The SMILES string of the molecule is Cc1ccc(NCCNc2ccccc2C(C)C)cc1. The van der Waals surface area contributed by atoms with Gasteiger partial charge in [0.1, 0.15) is 0 Å². The van der Waals surface area contributed by atoms with Crippen LogP contribution in [0.1, 0.15) is 30.9 Å². The molecule has 2 aromatic carbocycles. The summed E-state index contributed by atoms with van der Waals surface area (Å²) in [5, 5.41) is 6.94. The molecule has 2 heteroatoms. The number of rotatable bonds is 6. The van der Waals surface area contributed by atoms with E-state index in [-0.39, 0.29) is 0 Å². The Morgan fingerprint density at radius 2 is 1.50 bits per heavy atom. The van der Waals surface area contributed by atoms with Crippen LogP contribution in [-0.2, 0) is 0 Å². The summed E-state index contributed by atoms with van der Waals surface area (Å²) in [6.07, 6.45) is 0. The molecule has 0 saturated carbocycles. The minimum atomic E-state index is 0.545. The van der Waals surface area contributed by atoms with Crippen LogP contribution in [0.25, 0.3) is 0 Å². The monoisotopic (exact) mass is 268 g/mol. The highest BCUT2D eigenvalue weighted by molar-refractivity contribution is 5.53. The van der Waals surface area contributed by atoms with E-state index in [0.717, 1.165) is 13.1 Å². The molecule has 0 aliphatic rings. The van der Waals surface area contributed by atoms with Crippen LogP contribution in [-0.4, -0.2) is 13.1 Å². The fraction of sp³-hybridized carbons (Fsp3) is 0.333. The minimum Gasteiger partial charge on any atom is -0.383 e. The summed E-state index contributed by atoms with van der Waals surface area (Å²) in [5.74, 6) is 0.545. The predicted octanol–water partition coefficient (Wildman–Crippen LogP) is 4.64. The average Bonchev–Trinajstić information content (AvgIpc) is 2.46. The lowest BCUT2D eigenvalue weighted by Gasteiger charge is -2.15. The molecule has 0 aromatic heterocycles. The molecule has 0 spiro atoms. The summed E-state index contributed by atoms with van der Waals surface area (Å²) in [7, 11) is 0. The Bertz CT molecular complexity index is 529. The summed E-state index contributed by atoms with van der Waals surface area (Å²) >= 11 is 0. The Morgan fingerprint density at radius 3 is 2.20 bits per heavy atom. The van der Waals surface area contributed by atoms with Crippen LogP contribution in [0.2, 0.25) is 0 Å². The molecule has 0 atom stereocenters. The van der Waals surface area contributed by atoms with Crippen molar-refractivity contribution in [1.29, 1.82) is 0 Å². The molecule has 2 N–H and O–H groups in total. The molecule has 0 amide bonds. The minimum absolute atomic E-state index is 0.545. The molecule has 0 heterocycles. The van der Waals surface area contributed by atoms with Crippen molar-refractivity contribution in [2.24, 2.45) is 0 Å². The molecule has 20 heavy (non-hydrogen) atoms. The molecule has 2 rings (SSSR count). The zero-order valence-electron chi connectivity index (χ0n) is 12.6. The standard InChI is InChI=1S/C18H24N2/c1-14(2)17-6-4-5-7-18(17)20-13-12-19-16-10-8-15(3)9-11-16/h4-11,14,19-20H,12-13H2,1-3H3. The smallest absolute Gasteiger partial charge is 0.0375 e. The van der Waals surface area contributed by atoms with Crippen LogP contribution < -0.4 is 10.6 Å². The molecule has 0 saturated heterocycles. The van der Waals surface area contributed by atoms with Gasteiger partial charge in [-0.25, -0.2) is 0 Å². The molecule has 0 bridgehead atoms. The largest absolute Gasteiger partial charge is 0.383 e. The van der Waals surface area contributed by atoms with Crippen molar-refractivity contribution in [3.63, 3.8) is 0 Å². The Labute approximate surface area is 122 Å². The maximum Gasteiger partial charge on any atom is 0.0375 e. The lowest BCUT2D eigenvalue weighted by molar-refractivity contribution is 0.865. The summed E-state index contributed by atoms with van der Waals surface area (Å²) in [6, 6.07) is 17.0. The third-order valence-corrected chi connectivity index (χ3v) is 3.40. The molecule has 0 fully saturated rings. The van der Waals surface area contributed by atoms with Crippen molar-refractivity contribution < 1.29 is 0 Å². The fourth-order valence-corrected chi connectivity index (χ4v) is 2.24. The first-order chi connectivity index (χ1) is 9.66. The molecule has 2 nitrogen and oxygen atoms in total. The van der Waals surface area contributed by atoms with E-state index >= 15 is 0 Å². The number of para-hydroxylation sites is 1. The van der Waals surface area contributed by atoms with E-state index in [4.69, 9.17) is 0 Å². The number of aryl methyl sites for hydroxylation is 1. The predicted molar refractivity (Wildman–Crippen MR) is 88.7 cm³/mol. The number of hydrogen-bond acceptors (Lipinski definition) is 2. The highest BCUT2D eigenvalue weighted by atomic mass is 14.9. The van der Waals surface area contributed by atoms with Crippen molar-refractivity contribution in [2.45, 2.75) is 26.7 Å². The first-order valence-corrected chi connectivity index (χ1v) is 7.30. The van der Waals surface area contributed by atoms with Gasteiger partial charge in [0.05, 0.1) is 0 Å². The fourth-order valence-electron chi connectivity index (χ4n) is 2.24. The number of benzene rings is 2. The second-order valence-electron chi connectivity index (χ2n) is 5.46. The van der Waals surface area contributed by atoms with Gasteiger partial charge < -0.3 is 10.6 Å². The lowest BCUT2D eigenvalue weighted by atomic mass is 10.0. The van der Waals surface area contributed by atoms with E-state index in [9.17, 15) is 0 Å². The summed E-state index contributed by atoms with van der Waals surface area (Å²) in [6.45, 7) is 8.39. The van der Waals surface area contributed by atoms with Crippen LogP contribution in [0, 0.1) is 6.92 Å². The van der Waals surface area contributed by atoms with Gasteiger partial charge in [-0.15, -0.1) is 0 Å². The van der Waals surface area contributed by atoms with Crippen molar-refractivity contribution >= 4 is 11.4 Å². The van der Waals surface area contributed by atoms with Crippen LogP contribution >= 0.6 is 0 Å². The van der Waals surface area contributed by atoms with E-state index in [0.29, 0.717) is 5.92 Å². The van der Waals surface area contributed by atoms with Gasteiger partial charge in [0.25, 0.3) is 0 Å². The van der Waals surface area contributed by atoms with Crippen LogP contribution in [0.5, 0.6) is 0 Å². The highest BCUT2D eigenvalue weighted by Crippen LogP contribution is 2.23. The van der Waals surface area contributed by atoms with E-state index in [1.54, 1.807) is 0 Å². The van der Waals surface area contributed by atoms with Gasteiger partial charge in [0, 0.05) is 24.5 Å². The molecular weight excluding hydrogens is 244 g/mol. The van der Waals surface area contributed by atoms with E-state index in [1.165, 1.54) is 22.5 Å². The van der Waals surface area contributed by atoms with Gasteiger partial charge in [0.15, 0.2) is 0 Å². The Hall–Kier alpha value is -1.96. The number of nitrogens with one attached hydrogen (secondary N) is 2. The summed E-state index contributed by atoms with van der Waals surface area (Å²) in [4.78, 5) is 0. The van der Waals surface area contributed by atoms with Gasteiger partial charge in [0.2, 0.25) is 0 Å². The molecular formula is C18H24N2. The molecule has 0 unspecified atom stereocenters. The first kappa shape index (κ1) is 14.4. The molecule has 0 radical (unpaired) electrons. The van der Waals surface area contributed by atoms with Crippen LogP contribution in [0.3, 0.4) is 0 Å². The zero-order valence-corrected chi connectivity index (χ0v) is 12.6. The van der Waals surface area contributed by atoms with Crippen molar-refractivity contribution in [3.05, 3.63) is 59.7 Å². The summed E-state index contributed by atoms with van der Waals surface area (Å²) in [5.41, 5.74) is 5.09. The maximum absolute atomic E-state index is 3.51. The van der Waals surface area contributed by atoms with E-state index in [1.807, 2.05) is 0 Å². The quantitative estimate of drug-likeness (QED) is 0.746. The van der Waals surface area contributed by atoms with Crippen molar-refractivity contribution in [1.82, 2.24) is 0 Å². The second kappa shape index (κ2) is 6.99. The van der Waals surface area contributed by atoms with Crippen LogP contribution in [0.15, 0.2) is 48.5 Å². The zero-order chi connectivity index (χ0) is 14.4. The van der Waals surface area contributed by atoms with E-state index < -0.39 is 0 Å². The maximum atomic E-state index is 3.51. The van der Waals surface area contributed by atoms with Crippen molar-refractivity contribution in [3.8, 4) is 0 Å². The highest BCUT2D eigenvalue weighted by Gasteiger charge is 2.04. The molecule has 2 aromatic rings. The molecule has 0 aliphatic heterocycles. The summed E-state index contributed by atoms with van der Waals surface area (Å²) < 4.78 is 0. The number of hydrogen-bond donors (Lipinski definition) is 2. The third-order valence-electron chi connectivity index (χ3n) is 3.40. The normalized spacial score (nSPS) is 10.6. The Balaban J connectivity index is 1.83. The van der Waals surface area contributed by atoms with Gasteiger partial charge in [-0.3, -0.25) is 0 Å². The van der Waals surface area contributed by atoms with Gasteiger partial charge in [-0.05, 0) is 36.6 Å².